The fraction of sp³-hybridized carbons (Fsp3) is 0.158. The first-order valence-corrected chi connectivity index (χ1v) is 23.1. The van der Waals surface area contributed by atoms with Gasteiger partial charge in [-0.05, 0) is 83.4 Å². The number of nitrogens with zero attached hydrogens (tertiary/aromatic N) is 4. The van der Waals surface area contributed by atoms with Crippen LogP contribution in [0.1, 0.15) is 55.7 Å². The number of Topliss-reactive ketones (excluding diaryl/α,β-unsaturated/α-hetero) is 2. The third kappa shape index (κ3) is 14.2. The first-order valence-electron chi connectivity index (χ1n) is 17.8. The summed E-state index contributed by atoms with van der Waals surface area (Å²) in [6.45, 7) is 6.12. The maximum Gasteiger partial charge on any atom is 0.499 e. The van der Waals surface area contributed by atoms with E-state index in [-0.39, 0.29) is 57.2 Å². The minimum atomic E-state index is -3.92. The Labute approximate surface area is 373 Å². The molecule has 0 unspecified atom stereocenters. The second-order valence-electron chi connectivity index (χ2n) is 13.0. The van der Waals surface area contributed by atoms with E-state index in [2.05, 4.69) is 35.9 Å². The van der Waals surface area contributed by atoms with Gasteiger partial charge in [0.05, 0.1) is 32.8 Å². The molecule has 62 heavy (non-hydrogen) atoms. The van der Waals surface area contributed by atoms with Crippen molar-refractivity contribution in [2.24, 2.45) is 0 Å². The van der Waals surface area contributed by atoms with Crippen molar-refractivity contribution in [3.05, 3.63) is 122 Å². The maximum absolute atomic E-state index is 12.7. The Morgan fingerprint density at radius 3 is 1.48 bits per heavy atom. The van der Waals surface area contributed by atoms with Crippen LogP contribution in [0.15, 0.2) is 99.6 Å². The van der Waals surface area contributed by atoms with Crippen molar-refractivity contribution in [2.45, 2.75) is 50.3 Å². The molecule has 4 heterocycles. The Morgan fingerprint density at radius 2 is 1.10 bits per heavy atom. The van der Waals surface area contributed by atoms with Crippen LogP contribution >= 0.6 is 38.6 Å². The van der Waals surface area contributed by atoms with Gasteiger partial charge in [0.1, 0.15) is 16.0 Å². The minimum absolute atomic E-state index is 0.0181. The van der Waals surface area contributed by atoms with Crippen molar-refractivity contribution in [1.82, 2.24) is 29.4 Å². The SMILES string of the molecule is CC(=O)NS(=O)(=O)c1ccc(CC(=O)c2nc(-c3ccc(C)s3)cnc2N)cc1.CC(=O)NS(=O)(=O)c1ccc(CC(=O)c2nc(Br)cnc2N)cc1.Cc1ccc(B(O)O)s1. The van der Waals surface area contributed by atoms with Crippen molar-refractivity contribution >= 4 is 106 Å². The monoisotopic (exact) mass is 984 g/mol. The van der Waals surface area contributed by atoms with Gasteiger partial charge < -0.3 is 21.5 Å². The van der Waals surface area contributed by atoms with E-state index in [9.17, 15) is 36.0 Å². The van der Waals surface area contributed by atoms with Crippen LogP contribution in [0.4, 0.5) is 11.6 Å². The summed E-state index contributed by atoms with van der Waals surface area (Å²) in [5.41, 5.74) is 13.3. The molecule has 24 heteroatoms. The van der Waals surface area contributed by atoms with E-state index in [0.717, 1.165) is 28.5 Å². The summed E-state index contributed by atoms with van der Waals surface area (Å²) >= 11 is 6.05. The number of nitrogens with two attached hydrogens (primary N) is 2. The maximum atomic E-state index is 12.7. The number of rotatable bonds is 12. The predicted molar refractivity (Wildman–Crippen MR) is 238 cm³/mol. The van der Waals surface area contributed by atoms with Crippen molar-refractivity contribution in [3.63, 3.8) is 0 Å². The van der Waals surface area contributed by atoms with Gasteiger partial charge in [0.25, 0.3) is 20.0 Å². The highest BCUT2D eigenvalue weighted by Gasteiger charge is 2.20. The zero-order valence-electron chi connectivity index (χ0n) is 33.2. The molecule has 0 atom stereocenters. The highest BCUT2D eigenvalue weighted by molar-refractivity contribution is 9.10. The van der Waals surface area contributed by atoms with E-state index in [1.165, 1.54) is 83.6 Å². The number of nitrogens with one attached hydrogen (secondary N) is 2. The molecule has 0 aliphatic rings. The van der Waals surface area contributed by atoms with Gasteiger partial charge in [0.15, 0.2) is 23.2 Å². The number of ketones is 2. The Bertz CT molecular complexity index is 2820. The van der Waals surface area contributed by atoms with Gasteiger partial charge in [-0.15, -0.1) is 22.7 Å². The van der Waals surface area contributed by atoms with Crippen LogP contribution in [0, 0.1) is 13.8 Å². The Morgan fingerprint density at radius 1 is 0.661 bits per heavy atom. The number of amides is 2. The molecule has 2 aromatic carbocycles. The third-order valence-electron chi connectivity index (χ3n) is 7.86. The number of thiophene rings is 2. The van der Waals surface area contributed by atoms with Gasteiger partial charge in [-0.25, -0.2) is 46.2 Å². The van der Waals surface area contributed by atoms with Crippen LogP contribution in [-0.2, 0) is 42.5 Å². The number of nitrogen functional groups attached to an aromatic ring is 2. The van der Waals surface area contributed by atoms with E-state index >= 15 is 0 Å². The molecule has 0 aliphatic carbocycles. The molecule has 0 fully saturated rings. The van der Waals surface area contributed by atoms with Gasteiger partial charge in [-0.1, -0.05) is 30.3 Å². The molecule has 4 aromatic heterocycles. The van der Waals surface area contributed by atoms with Crippen molar-refractivity contribution < 1.29 is 46.1 Å². The summed E-state index contributed by atoms with van der Waals surface area (Å²) in [7, 11) is -9.13. The lowest BCUT2D eigenvalue weighted by Crippen LogP contribution is -2.28. The van der Waals surface area contributed by atoms with Crippen LogP contribution < -0.4 is 25.7 Å². The second kappa shape index (κ2) is 21.4. The van der Waals surface area contributed by atoms with E-state index in [1.807, 2.05) is 41.5 Å². The van der Waals surface area contributed by atoms with E-state index in [4.69, 9.17) is 21.5 Å². The molecule has 6 rings (SSSR count). The van der Waals surface area contributed by atoms with Crippen LogP contribution in [0.3, 0.4) is 0 Å². The van der Waals surface area contributed by atoms with Gasteiger partial charge in [0.2, 0.25) is 11.8 Å². The van der Waals surface area contributed by atoms with Crippen molar-refractivity contribution in [3.8, 4) is 10.6 Å². The van der Waals surface area contributed by atoms with Crippen LogP contribution in [-0.4, -0.2) is 77.3 Å². The van der Waals surface area contributed by atoms with Crippen LogP contribution in [0.25, 0.3) is 10.6 Å². The zero-order valence-corrected chi connectivity index (χ0v) is 38.0. The number of carbonyl (C=O) groups excluding carboxylic acids is 4. The van der Waals surface area contributed by atoms with E-state index in [1.54, 1.807) is 6.07 Å². The number of sulfonamides is 2. The topological polar surface area (TPSA) is 305 Å². The smallest absolute Gasteiger partial charge is 0.423 e. The van der Waals surface area contributed by atoms with Gasteiger partial charge >= 0.3 is 7.12 Å². The summed E-state index contributed by atoms with van der Waals surface area (Å²) in [6.07, 6.45) is 2.87. The summed E-state index contributed by atoms with van der Waals surface area (Å²) in [5.74, 6) is -1.98. The second-order valence-corrected chi connectivity index (χ2v) is 19.7. The van der Waals surface area contributed by atoms with Gasteiger partial charge in [-0.2, -0.15) is 0 Å². The number of hydrogen-bond acceptors (Lipinski definition) is 18. The largest absolute Gasteiger partial charge is 0.499 e. The molecule has 0 saturated heterocycles. The van der Waals surface area contributed by atoms with Crippen molar-refractivity contribution in [1.29, 1.82) is 0 Å². The first-order chi connectivity index (χ1) is 29.0. The number of aryl methyl sites for hydroxylation is 2. The van der Waals surface area contributed by atoms with Crippen molar-refractivity contribution in [2.75, 3.05) is 11.5 Å². The van der Waals surface area contributed by atoms with Gasteiger partial charge in [0, 0.05) is 41.2 Å². The number of halogens is 1. The summed E-state index contributed by atoms with van der Waals surface area (Å²) < 4.78 is 52.4. The normalized spacial score (nSPS) is 11.0. The molecule has 8 N–H and O–H groups in total. The average molecular weight is 986 g/mol. The molecule has 0 saturated carbocycles. The molecule has 0 radical (unpaired) electrons. The standard InChI is InChI=1S/C19H18N4O4S2.C14H13BrN4O4S.C5H7BO2S/c1-11-3-8-17(28-11)15-10-21-19(20)18(22-15)16(25)9-13-4-6-14(7-5-13)29(26,27)23-12(2)24;1-8(20)19-24(22,23)10-4-2-9(3-5-10)6-11(21)13-14(16)17-7-12(15)18-13;1-4-2-3-5(9-4)6(7)8/h3-8,10H,9H2,1-2H3,(H2,20,21)(H,23,24);2-5,7H,6H2,1H3,(H2,16,17)(H,19,20);2-3,7-8H,1H3. The molecule has 0 spiro atoms. The lowest BCUT2D eigenvalue weighted by atomic mass is 9.90. The molecule has 0 aliphatic heterocycles. The number of hydrogen-bond donors (Lipinski definition) is 6. The molecule has 0 bridgehead atoms. The lowest BCUT2D eigenvalue weighted by Gasteiger charge is -2.07. The minimum Gasteiger partial charge on any atom is -0.423 e. The highest BCUT2D eigenvalue weighted by atomic mass is 79.9. The van der Waals surface area contributed by atoms with E-state index < -0.39 is 39.0 Å². The fourth-order valence-corrected chi connectivity index (χ4v) is 8.91. The number of anilines is 2. The number of carbonyl (C=O) groups is 4. The molecule has 18 nitrogen and oxygen atoms in total. The molecule has 2 amide bonds. The highest BCUT2D eigenvalue weighted by Crippen LogP contribution is 2.27. The first kappa shape index (κ1) is 48.9. The van der Waals surface area contributed by atoms with Crippen LogP contribution in [0.2, 0.25) is 0 Å². The Balaban J connectivity index is 0.000000230. The predicted octanol–water partition coefficient (Wildman–Crippen LogP) is 3.15. The molecule has 324 valence electrons. The molecular formula is C38H38BBrN8O10S4. The summed E-state index contributed by atoms with van der Waals surface area (Å²) in [4.78, 5) is 66.1. The third-order valence-corrected chi connectivity index (χ3v) is 13.2. The molecular weight excluding hydrogens is 947 g/mol. The summed E-state index contributed by atoms with van der Waals surface area (Å²) in [5, 5.41) is 17.2. The molecule has 6 aromatic rings. The lowest BCUT2D eigenvalue weighted by molar-refractivity contribution is -0.118. The van der Waals surface area contributed by atoms with Gasteiger partial charge in [-0.3, -0.25) is 19.2 Å². The Hall–Kier alpha value is -5.76. The number of benzene rings is 2. The summed E-state index contributed by atoms with van der Waals surface area (Å²) in [6, 6.07) is 18.7. The zero-order chi connectivity index (χ0) is 45.9. The fourth-order valence-electron chi connectivity index (χ4n) is 5.08. The van der Waals surface area contributed by atoms with E-state index in [0.29, 0.717) is 26.2 Å². The Kier molecular flexibility index (Phi) is 16.8. The van der Waals surface area contributed by atoms with Crippen LogP contribution in [0.5, 0.6) is 0 Å². The average Bonchev–Trinajstić information content (AvgIpc) is 3.84. The number of aromatic nitrogens is 4. The quantitative estimate of drug-likeness (QED) is 0.0758.